The molecule has 0 aliphatic carbocycles. The molecule has 0 radical (unpaired) electrons. The molecule has 4 nitrogen and oxygen atoms in total. The molecule has 0 saturated carbocycles. The molecule has 20 heavy (non-hydrogen) atoms. The molecule has 1 aromatic carbocycles. The molecule has 1 aromatic heterocycles. The second-order valence-electron chi connectivity index (χ2n) is 5.29. The maximum Gasteiger partial charge on any atom is 0.128 e. The highest BCUT2D eigenvalue weighted by molar-refractivity contribution is 5.66. The predicted molar refractivity (Wildman–Crippen MR) is 79.7 cm³/mol. The van der Waals surface area contributed by atoms with Gasteiger partial charge in [0.2, 0.25) is 0 Å². The van der Waals surface area contributed by atoms with Crippen molar-refractivity contribution in [2.75, 3.05) is 19.7 Å². The Morgan fingerprint density at radius 3 is 2.85 bits per heavy atom. The summed E-state index contributed by atoms with van der Waals surface area (Å²) in [6.07, 6.45) is 7.20. The molecule has 0 amide bonds. The van der Waals surface area contributed by atoms with Crippen LogP contribution in [-0.2, 0) is 0 Å². The minimum absolute atomic E-state index is 0.788. The maximum absolute atomic E-state index is 6.00. The van der Waals surface area contributed by atoms with Gasteiger partial charge in [-0.25, -0.2) is 4.98 Å². The molecule has 0 bridgehead atoms. The van der Waals surface area contributed by atoms with Crippen molar-refractivity contribution in [3.05, 3.63) is 36.8 Å². The first-order valence-corrected chi connectivity index (χ1v) is 7.35. The summed E-state index contributed by atoms with van der Waals surface area (Å²) < 4.78 is 6.00. The highest BCUT2D eigenvalue weighted by Gasteiger charge is 2.13. The van der Waals surface area contributed by atoms with Crippen LogP contribution in [0.4, 0.5) is 0 Å². The van der Waals surface area contributed by atoms with E-state index in [1.807, 2.05) is 24.4 Å². The third-order valence-electron chi connectivity index (χ3n) is 3.92. The van der Waals surface area contributed by atoms with Gasteiger partial charge >= 0.3 is 0 Å². The van der Waals surface area contributed by atoms with Crippen molar-refractivity contribution < 1.29 is 4.74 Å². The monoisotopic (exact) mass is 271 g/mol. The van der Waals surface area contributed by atoms with Crippen LogP contribution in [0.1, 0.15) is 19.3 Å². The first-order chi connectivity index (χ1) is 9.93. The average molecular weight is 271 g/mol. The second kappa shape index (κ2) is 6.57. The fourth-order valence-corrected chi connectivity index (χ4v) is 2.72. The smallest absolute Gasteiger partial charge is 0.128 e. The van der Waals surface area contributed by atoms with Crippen molar-refractivity contribution in [2.24, 2.45) is 5.92 Å². The number of nitrogens with zero attached hydrogens (tertiary/aromatic N) is 1. The third-order valence-corrected chi connectivity index (χ3v) is 3.92. The lowest BCUT2D eigenvalue weighted by Gasteiger charge is -2.22. The van der Waals surface area contributed by atoms with Crippen LogP contribution >= 0.6 is 0 Å². The lowest BCUT2D eigenvalue weighted by molar-refractivity contribution is 0.252. The third kappa shape index (κ3) is 3.20. The minimum atomic E-state index is 0.788. The van der Waals surface area contributed by atoms with Gasteiger partial charge < -0.3 is 15.0 Å². The number of nitrogens with one attached hydrogen (secondary N) is 2. The van der Waals surface area contributed by atoms with Crippen molar-refractivity contribution in [3.63, 3.8) is 0 Å². The fourth-order valence-electron chi connectivity index (χ4n) is 2.72. The summed E-state index contributed by atoms with van der Waals surface area (Å²) in [5, 5.41) is 3.40. The van der Waals surface area contributed by atoms with E-state index in [1.165, 1.54) is 12.8 Å². The number of aromatic amines is 1. The zero-order valence-electron chi connectivity index (χ0n) is 11.6. The standard InChI is InChI=1S/C16H21N3O/c1-2-4-16(14(3-1)15-11-18-12-19-15)20-10-7-13-5-8-17-9-6-13/h1-4,11-13,17H,5-10H2,(H,18,19). The van der Waals surface area contributed by atoms with Gasteiger partial charge in [-0.15, -0.1) is 0 Å². The summed E-state index contributed by atoms with van der Waals surface area (Å²) in [5.74, 6) is 1.74. The van der Waals surface area contributed by atoms with E-state index in [0.29, 0.717) is 0 Å². The molecule has 4 heteroatoms. The van der Waals surface area contributed by atoms with E-state index in [9.17, 15) is 0 Å². The summed E-state index contributed by atoms with van der Waals surface area (Å²) in [7, 11) is 0. The van der Waals surface area contributed by atoms with Gasteiger partial charge in [-0.05, 0) is 50.4 Å². The zero-order chi connectivity index (χ0) is 13.6. The molecule has 1 saturated heterocycles. The van der Waals surface area contributed by atoms with Crippen molar-refractivity contribution >= 4 is 0 Å². The van der Waals surface area contributed by atoms with Crippen LogP contribution in [-0.4, -0.2) is 29.7 Å². The van der Waals surface area contributed by atoms with E-state index in [2.05, 4.69) is 21.4 Å². The van der Waals surface area contributed by atoms with Gasteiger partial charge in [-0.1, -0.05) is 12.1 Å². The lowest BCUT2D eigenvalue weighted by atomic mass is 9.95. The van der Waals surface area contributed by atoms with E-state index >= 15 is 0 Å². The summed E-state index contributed by atoms with van der Waals surface area (Å²) in [5.41, 5.74) is 2.08. The number of ether oxygens (including phenoxy) is 1. The topological polar surface area (TPSA) is 49.9 Å². The number of imidazole rings is 1. The van der Waals surface area contributed by atoms with Crippen LogP contribution in [0.3, 0.4) is 0 Å². The number of piperidine rings is 1. The largest absolute Gasteiger partial charge is 0.493 e. The molecule has 2 N–H and O–H groups in total. The molecule has 2 aromatic rings. The Bertz CT molecular complexity index is 518. The van der Waals surface area contributed by atoms with Crippen LogP contribution in [0.5, 0.6) is 5.75 Å². The molecule has 1 aliphatic rings. The van der Waals surface area contributed by atoms with Gasteiger partial charge in [-0.3, -0.25) is 0 Å². The predicted octanol–water partition coefficient (Wildman–Crippen LogP) is 2.85. The van der Waals surface area contributed by atoms with Crippen molar-refractivity contribution in [2.45, 2.75) is 19.3 Å². The van der Waals surface area contributed by atoms with Gasteiger partial charge in [-0.2, -0.15) is 0 Å². The minimum Gasteiger partial charge on any atom is -0.493 e. The first kappa shape index (κ1) is 13.2. The van der Waals surface area contributed by atoms with Gasteiger partial charge in [0.05, 0.1) is 24.8 Å². The average Bonchev–Trinajstić information content (AvgIpc) is 3.03. The van der Waals surface area contributed by atoms with E-state index in [-0.39, 0.29) is 0 Å². The Morgan fingerprint density at radius 2 is 2.05 bits per heavy atom. The van der Waals surface area contributed by atoms with E-state index < -0.39 is 0 Å². The van der Waals surface area contributed by atoms with Crippen LogP contribution in [0, 0.1) is 5.92 Å². The van der Waals surface area contributed by atoms with E-state index in [0.717, 1.165) is 49.0 Å². The molecular formula is C16H21N3O. The highest BCUT2D eigenvalue weighted by Crippen LogP contribution is 2.28. The SMILES string of the molecule is c1ccc(-c2cnc[nH]2)c(OCCC2CCNCC2)c1. The number of para-hydroxylation sites is 1. The quantitative estimate of drug-likeness (QED) is 0.879. The molecule has 0 spiro atoms. The zero-order valence-corrected chi connectivity index (χ0v) is 11.6. The molecule has 1 fully saturated rings. The Morgan fingerprint density at radius 1 is 1.20 bits per heavy atom. The van der Waals surface area contributed by atoms with Crippen molar-refractivity contribution in [1.82, 2.24) is 15.3 Å². The van der Waals surface area contributed by atoms with Crippen LogP contribution in [0.2, 0.25) is 0 Å². The fraction of sp³-hybridized carbons (Fsp3) is 0.438. The van der Waals surface area contributed by atoms with Gasteiger partial charge in [0.25, 0.3) is 0 Å². The Hall–Kier alpha value is -1.81. The second-order valence-corrected chi connectivity index (χ2v) is 5.29. The molecule has 1 aliphatic heterocycles. The number of aromatic nitrogens is 2. The Labute approximate surface area is 119 Å². The van der Waals surface area contributed by atoms with Gasteiger partial charge in [0.1, 0.15) is 5.75 Å². The van der Waals surface area contributed by atoms with Gasteiger partial charge in [0.15, 0.2) is 0 Å². The molecule has 106 valence electrons. The number of benzene rings is 1. The summed E-state index contributed by atoms with van der Waals surface area (Å²) in [6.45, 7) is 3.08. The van der Waals surface area contributed by atoms with Crippen molar-refractivity contribution in [1.29, 1.82) is 0 Å². The number of hydrogen-bond acceptors (Lipinski definition) is 3. The maximum atomic E-state index is 6.00. The molecule has 0 atom stereocenters. The molecule has 0 unspecified atom stereocenters. The summed E-state index contributed by atoms with van der Waals surface area (Å²) >= 11 is 0. The first-order valence-electron chi connectivity index (χ1n) is 7.35. The Kier molecular flexibility index (Phi) is 4.33. The Balaban J connectivity index is 1.60. The normalized spacial score (nSPS) is 16.2. The molecule has 3 rings (SSSR count). The van der Waals surface area contributed by atoms with Crippen LogP contribution in [0.25, 0.3) is 11.3 Å². The summed E-state index contributed by atoms with van der Waals surface area (Å²) in [6, 6.07) is 8.13. The lowest BCUT2D eigenvalue weighted by Crippen LogP contribution is -2.28. The van der Waals surface area contributed by atoms with E-state index in [4.69, 9.17) is 4.74 Å². The highest BCUT2D eigenvalue weighted by atomic mass is 16.5. The molecular weight excluding hydrogens is 250 g/mol. The number of hydrogen-bond donors (Lipinski definition) is 2. The summed E-state index contributed by atoms with van der Waals surface area (Å²) in [4.78, 5) is 7.21. The number of H-pyrrole nitrogens is 1. The number of rotatable bonds is 5. The van der Waals surface area contributed by atoms with Crippen molar-refractivity contribution in [3.8, 4) is 17.0 Å². The van der Waals surface area contributed by atoms with E-state index in [1.54, 1.807) is 6.33 Å². The van der Waals surface area contributed by atoms with Crippen LogP contribution in [0.15, 0.2) is 36.8 Å². The van der Waals surface area contributed by atoms with Gasteiger partial charge in [0, 0.05) is 5.56 Å². The molecule has 2 heterocycles. The van der Waals surface area contributed by atoms with Crippen LogP contribution < -0.4 is 10.1 Å².